The summed E-state index contributed by atoms with van der Waals surface area (Å²) >= 11 is 0. The molecule has 1 aromatic carbocycles. The third-order valence-electron chi connectivity index (χ3n) is 6.42. The number of nitrogens with zero attached hydrogens (tertiary/aromatic N) is 1. The Morgan fingerprint density at radius 1 is 0.969 bits per heavy atom. The summed E-state index contributed by atoms with van der Waals surface area (Å²) in [4.78, 5) is 15.3. The number of unbranched alkanes of at least 4 members (excludes halogenated alkanes) is 3. The van der Waals surface area contributed by atoms with Crippen LogP contribution in [0, 0.1) is 5.41 Å². The Hall–Kier alpha value is -2.03. The number of hydrogen-bond acceptors (Lipinski definition) is 3. The van der Waals surface area contributed by atoms with Gasteiger partial charge >= 0.3 is 0 Å². The second-order valence-electron chi connectivity index (χ2n) is 10.0. The van der Waals surface area contributed by atoms with E-state index in [0.717, 1.165) is 55.7 Å². The SMILES string of the molecule is CCCCC1=C(C=Cc2ccc(N(CCCC)CCCC)cc2OC)CC(C)(C)CC1=O. The number of anilines is 1. The molecule has 0 N–H and O–H groups in total. The van der Waals surface area contributed by atoms with Gasteiger partial charge in [-0.05, 0) is 60.8 Å². The van der Waals surface area contributed by atoms with Gasteiger partial charge in [0, 0.05) is 36.8 Å². The van der Waals surface area contributed by atoms with Gasteiger partial charge in [0.25, 0.3) is 0 Å². The summed E-state index contributed by atoms with van der Waals surface area (Å²) in [5.41, 5.74) is 4.58. The molecule has 32 heavy (non-hydrogen) atoms. The van der Waals surface area contributed by atoms with E-state index >= 15 is 0 Å². The number of methoxy groups -OCH3 is 1. The van der Waals surface area contributed by atoms with Crippen LogP contribution in [-0.2, 0) is 4.79 Å². The largest absolute Gasteiger partial charge is 0.496 e. The molecule has 0 unspecified atom stereocenters. The van der Waals surface area contributed by atoms with E-state index in [2.05, 4.69) is 69.9 Å². The minimum absolute atomic E-state index is 0.0273. The number of hydrogen-bond donors (Lipinski definition) is 0. The first kappa shape index (κ1) is 26.2. The van der Waals surface area contributed by atoms with Gasteiger partial charge in [-0.25, -0.2) is 0 Å². The number of carbonyl (C=O) groups is 1. The third-order valence-corrected chi connectivity index (χ3v) is 6.42. The van der Waals surface area contributed by atoms with Gasteiger partial charge in [0.15, 0.2) is 5.78 Å². The van der Waals surface area contributed by atoms with E-state index in [1.807, 2.05) is 0 Å². The van der Waals surface area contributed by atoms with Crippen molar-refractivity contribution in [3.63, 3.8) is 0 Å². The number of benzene rings is 1. The van der Waals surface area contributed by atoms with Gasteiger partial charge in [-0.15, -0.1) is 0 Å². The first-order valence-corrected chi connectivity index (χ1v) is 12.7. The first-order chi connectivity index (χ1) is 15.3. The molecule has 0 bridgehead atoms. The normalized spacial score (nSPS) is 16.1. The number of rotatable bonds is 13. The van der Waals surface area contributed by atoms with Crippen LogP contribution < -0.4 is 9.64 Å². The molecule has 0 aromatic heterocycles. The lowest BCUT2D eigenvalue weighted by Crippen LogP contribution is -2.25. The summed E-state index contributed by atoms with van der Waals surface area (Å²) < 4.78 is 5.78. The van der Waals surface area contributed by atoms with Gasteiger partial charge in [0.05, 0.1) is 7.11 Å². The van der Waals surface area contributed by atoms with Crippen LogP contribution >= 0.6 is 0 Å². The van der Waals surface area contributed by atoms with Crippen LogP contribution in [0.5, 0.6) is 5.75 Å². The van der Waals surface area contributed by atoms with Gasteiger partial charge in [0.1, 0.15) is 5.75 Å². The molecule has 0 fully saturated rings. The second-order valence-corrected chi connectivity index (χ2v) is 10.0. The number of carbonyl (C=O) groups excluding carboxylic acids is 1. The van der Waals surface area contributed by atoms with E-state index in [9.17, 15) is 4.79 Å². The zero-order valence-electron chi connectivity index (χ0n) is 21.4. The van der Waals surface area contributed by atoms with Crippen LogP contribution in [0.4, 0.5) is 5.69 Å². The van der Waals surface area contributed by atoms with Crippen molar-refractivity contribution in [2.24, 2.45) is 5.41 Å². The lowest BCUT2D eigenvalue weighted by atomic mass is 9.72. The summed E-state index contributed by atoms with van der Waals surface area (Å²) in [7, 11) is 1.75. The molecular formula is C29H45NO2. The van der Waals surface area contributed by atoms with Gasteiger partial charge in [-0.1, -0.05) is 66.0 Å². The van der Waals surface area contributed by atoms with Crippen molar-refractivity contribution in [2.75, 3.05) is 25.1 Å². The molecule has 0 aliphatic heterocycles. The molecule has 3 heteroatoms. The molecule has 1 aliphatic rings. The van der Waals surface area contributed by atoms with Crippen LogP contribution in [0.2, 0.25) is 0 Å². The summed E-state index contributed by atoms with van der Waals surface area (Å²) in [5.74, 6) is 1.23. The standard InChI is InChI=1S/C29H45NO2/c1-7-10-13-26-24(21-29(4,5)22-27(26)31)15-14-23-16-17-25(20-28(23)32-6)30(18-11-8-2)19-12-9-3/h14-17,20H,7-13,18-19,21-22H2,1-6H3. The van der Waals surface area contributed by atoms with Crippen LogP contribution in [0.1, 0.15) is 98.0 Å². The maximum absolute atomic E-state index is 12.8. The van der Waals surface area contributed by atoms with E-state index < -0.39 is 0 Å². The highest BCUT2D eigenvalue weighted by atomic mass is 16.5. The second kappa shape index (κ2) is 12.9. The predicted octanol–water partition coefficient (Wildman–Crippen LogP) is 7.99. The minimum atomic E-state index is 0.0273. The Kier molecular flexibility index (Phi) is 10.5. The number of Topliss-reactive ketones (excluding diaryl/α,β-unsaturated/α-hetero) is 1. The lowest BCUT2D eigenvalue weighted by Gasteiger charge is -2.31. The van der Waals surface area contributed by atoms with Gasteiger partial charge < -0.3 is 9.64 Å². The molecule has 0 spiro atoms. The minimum Gasteiger partial charge on any atom is -0.496 e. The van der Waals surface area contributed by atoms with Crippen molar-refractivity contribution in [1.29, 1.82) is 0 Å². The molecule has 0 heterocycles. The molecule has 3 nitrogen and oxygen atoms in total. The van der Waals surface area contributed by atoms with Crippen molar-refractivity contribution in [3.8, 4) is 5.75 Å². The fourth-order valence-corrected chi connectivity index (χ4v) is 4.51. The number of ether oxygens (including phenoxy) is 1. The Bertz CT molecular complexity index is 795. The predicted molar refractivity (Wildman–Crippen MR) is 139 cm³/mol. The smallest absolute Gasteiger partial charge is 0.159 e. The molecule has 1 aromatic rings. The monoisotopic (exact) mass is 439 g/mol. The highest BCUT2D eigenvalue weighted by Gasteiger charge is 2.31. The molecule has 1 aliphatic carbocycles. The summed E-state index contributed by atoms with van der Waals surface area (Å²) in [5, 5.41) is 0. The van der Waals surface area contributed by atoms with E-state index in [1.54, 1.807) is 7.11 Å². The molecule has 178 valence electrons. The van der Waals surface area contributed by atoms with Crippen LogP contribution in [0.15, 0.2) is 35.4 Å². The highest BCUT2D eigenvalue weighted by molar-refractivity contribution is 5.98. The summed E-state index contributed by atoms with van der Waals surface area (Å²) in [6.45, 7) is 13.2. The van der Waals surface area contributed by atoms with Crippen molar-refractivity contribution >= 4 is 17.5 Å². The lowest BCUT2D eigenvalue weighted by molar-refractivity contribution is -0.118. The Morgan fingerprint density at radius 2 is 1.62 bits per heavy atom. The fourth-order valence-electron chi connectivity index (χ4n) is 4.51. The van der Waals surface area contributed by atoms with Crippen molar-refractivity contribution < 1.29 is 9.53 Å². The fraction of sp³-hybridized carbons (Fsp3) is 0.621. The van der Waals surface area contributed by atoms with Crippen LogP contribution in [0.25, 0.3) is 6.08 Å². The average molecular weight is 440 g/mol. The van der Waals surface area contributed by atoms with Gasteiger partial charge in [0.2, 0.25) is 0 Å². The topological polar surface area (TPSA) is 29.5 Å². The van der Waals surface area contributed by atoms with E-state index in [0.29, 0.717) is 12.2 Å². The summed E-state index contributed by atoms with van der Waals surface area (Å²) in [6.07, 6.45) is 13.8. The number of ketones is 1. The molecule has 0 atom stereocenters. The van der Waals surface area contributed by atoms with Crippen LogP contribution in [-0.4, -0.2) is 26.0 Å². The maximum Gasteiger partial charge on any atom is 0.159 e. The molecule has 0 radical (unpaired) electrons. The highest BCUT2D eigenvalue weighted by Crippen LogP contribution is 2.39. The van der Waals surface area contributed by atoms with E-state index in [-0.39, 0.29) is 5.41 Å². The van der Waals surface area contributed by atoms with Crippen molar-refractivity contribution in [3.05, 3.63) is 41.0 Å². The molecule has 0 amide bonds. The molecule has 2 rings (SSSR count). The van der Waals surface area contributed by atoms with E-state index in [4.69, 9.17) is 4.74 Å². The average Bonchev–Trinajstić information content (AvgIpc) is 2.76. The molecular weight excluding hydrogens is 394 g/mol. The van der Waals surface area contributed by atoms with Gasteiger partial charge in [-0.3, -0.25) is 4.79 Å². The van der Waals surface area contributed by atoms with E-state index in [1.165, 1.54) is 36.9 Å². The number of allylic oxidation sites excluding steroid dienone is 3. The van der Waals surface area contributed by atoms with Crippen molar-refractivity contribution in [2.45, 2.75) is 92.4 Å². The quantitative estimate of drug-likeness (QED) is 0.312. The Morgan fingerprint density at radius 3 is 2.22 bits per heavy atom. The first-order valence-electron chi connectivity index (χ1n) is 12.7. The zero-order chi connectivity index (χ0) is 23.6. The Labute approximate surface area is 196 Å². The summed E-state index contributed by atoms with van der Waals surface area (Å²) in [6, 6.07) is 6.56. The zero-order valence-corrected chi connectivity index (χ0v) is 21.4. The third kappa shape index (κ3) is 7.53. The van der Waals surface area contributed by atoms with Crippen molar-refractivity contribution in [1.82, 2.24) is 0 Å². The maximum atomic E-state index is 12.8. The van der Waals surface area contributed by atoms with Gasteiger partial charge in [-0.2, -0.15) is 0 Å². The molecule has 0 saturated heterocycles. The van der Waals surface area contributed by atoms with Crippen LogP contribution in [0.3, 0.4) is 0 Å². The Balaban J connectivity index is 2.32. The molecule has 0 saturated carbocycles.